The van der Waals surface area contributed by atoms with E-state index in [9.17, 15) is 0 Å². The lowest BCUT2D eigenvalue weighted by molar-refractivity contribution is 0.215. The molecule has 22 heavy (non-hydrogen) atoms. The predicted molar refractivity (Wildman–Crippen MR) is 94.5 cm³/mol. The quantitative estimate of drug-likeness (QED) is 0.282. The number of thioether (sulfide) groups is 1. The summed E-state index contributed by atoms with van der Waals surface area (Å²) in [6, 6.07) is 4.04. The van der Waals surface area contributed by atoms with Gasteiger partial charge in [-0.05, 0) is 44.0 Å². The van der Waals surface area contributed by atoms with E-state index in [4.69, 9.17) is 9.47 Å². The Hall–Kier alpha value is -1.62. The van der Waals surface area contributed by atoms with Crippen LogP contribution in [0.2, 0.25) is 0 Å². The standard InChI is InChI=1S/C17H25NO3S/c1-5-6-8-20-16-12-14(2)17(15(3)13-16)21-9-11-22-10-7-18-19-4/h5-7,12-13H,8-11H2,1-4H3/b6-5+,18-7+. The van der Waals surface area contributed by atoms with Crippen LogP contribution in [0.5, 0.6) is 11.5 Å². The molecular weight excluding hydrogens is 298 g/mol. The number of nitrogens with zero attached hydrogens (tertiary/aromatic N) is 1. The van der Waals surface area contributed by atoms with Crippen molar-refractivity contribution < 1.29 is 14.3 Å². The molecule has 0 aromatic heterocycles. The lowest BCUT2D eigenvalue weighted by Gasteiger charge is -2.14. The molecule has 0 saturated carbocycles. The molecule has 0 N–H and O–H groups in total. The van der Waals surface area contributed by atoms with Gasteiger partial charge in [-0.25, -0.2) is 0 Å². The summed E-state index contributed by atoms with van der Waals surface area (Å²) < 4.78 is 11.6. The molecule has 1 aromatic carbocycles. The Morgan fingerprint density at radius 1 is 1.18 bits per heavy atom. The molecular formula is C17H25NO3S. The van der Waals surface area contributed by atoms with Crippen molar-refractivity contribution in [3.8, 4) is 11.5 Å². The third kappa shape index (κ3) is 6.89. The van der Waals surface area contributed by atoms with E-state index in [0.717, 1.165) is 34.1 Å². The first-order chi connectivity index (χ1) is 10.7. The monoisotopic (exact) mass is 323 g/mol. The summed E-state index contributed by atoms with van der Waals surface area (Å²) >= 11 is 1.75. The van der Waals surface area contributed by atoms with Gasteiger partial charge < -0.3 is 14.3 Å². The van der Waals surface area contributed by atoms with Crippen LogP contribution in [0, 0.1) is 13.8 Å². The fraction of sp³-hybridized carbons (Fsp3) is 0.471. The molecule has 0 bridgehead atoms. The molecule has 0 unspecified atom stereocenters. The van der Waals surface area contributed by atoms with Crippen LogP contribution in [0.3, 0.4) is 0 Å². The highest BCUT2D eigenvalue weighted by Crippen LogP contribution is 2.28. The maximum atomic E-state index is 5.89. The van der Waals surface area contributed by atoms with Crippen LogP contribution in [0.25, 0.3) is 0 Å². The highest BCUT2D eigenvalue weighted by molar-refractivity contribution is 7.99. The zero-order valence-corrected chi connectivity index (χ0v) is 14.6. The predicted octanol–water partition coefficient (Wildman–Crippen LogP) is 4.00. The van der Waals surface area contributed by atoms with Crippen LogP contribution in [0.4, 0.5) is 0 Å². The second-order valence-electron chi connectivity index (χ2n) is 4.66. The van der Waals surface area contributed by atoms with Crippen LogP contribution in [0.1, 0.15) is 18.1 Å². The number of ether oxygens (including phenoxy) is 2. The Morgan fingerprint density at radius 3 is 2.55 bits per heavy atom. The molecule has 0 heterocycles. The van der Waals surface area contributed by atoms with Crippen LogP contribution in [-0.4, -0.2) is 38.0 Å². The Balaban J connectivity index is 2.45. The van der Waals surface area contributed by atoms with E-state index >= 15 is 0 Å². The van der Waals surface area contributed by atoms with E-state index in [1.165, 1.54) is 0 Å². The molecule has 122 valence electrons. The first-order valence-electron chi connectivity index (χ1n) is 7.29. The van der Waals surface area contributed by atoms with Gasteiger partial charge in [-0.15, -0.1) is 0 Å². The van der Waals surface area contributed by atoms with Crippen molar-refractivity contribution in [2.24, 2.45) is 5.16 Å². The lowest BCUT2D eigenvalue weighted by Crippen LogP contribution is -2.04. The van der Waals surface area contributed by atoms with E-state index in [0.29, 0.717) is 13.2 Å². The Kier molecular flexibility index (Phi) is 9.23. The summed E-state index contributed by atoms with van der Waals surface area (Å²) in [6.07, 6.45) is 5.71. The summed E-state index contributed by atoms with van der Waals surface area (Å²) in [5.41, 5.74) is 2.20. The van der Waals surface area contributed by atoms with Gasteiger partial charge in [-0.2, -0.15) is 11.8 Å². The first-order valence-corrected chi connectivity index (χ1v) is 8.45. The van der Waals surface area contributed by atoms with Gasteiger partial charge in [0, 0.05) is 11.5 Å². The third-order valence-electron chi connectivity index (χ3n) is 2.86. The van der Waals surface area contributed by atoms with Gasteiger partial charge in [0.15, 0.2) is 0 Å². The van der Waals surface area contributed by atoms with Crippen molar-refractivity contribution >= 4 is 18.0 Å². The fourth-order valence-electron chi connectivity index (χ4n) is 1.91. The van der Waals surface area contributed by atoms with Crippen LogP contribution >= 0.6 is 11.8 Å². The summed E-state index contributed by atoms with van der Waals surface area (Å²) in [4.78, 5) is 4.60. The molecule has 0 aliphatic rings. The van der Waals surface area contributed by atoms with E-state index in [2.05, 4.69) is 9.99 Å². The van der Waals surface area contributed by atoms with E-state index in [-0.39, 0.29) is 0 Å². The van der Waals surface area contributed by atoms with Gasteiger partial charge in [0.25, 0.3) is 0 Å². The summed E-state index contributed by atoms with van der Waals surface area (Å²) in [7, 11) is 1.54. The Labute approximate surface area is 137 Å². The molecule has 0 saturated heterocycles. The van der Waals surface area contributed by atoms with Crippen LogP contribution < -0.4 is 9.47 Å². The number of hydrogen-bond acceptors (Lipinski definition) is 5. The minimum absolute atomic E-state index is 0.593. The van der Waals surface area contributed by atoms with Crippen LogP contribution in [0.15, 0.2) is 29.4 Å². The molecule has 0 fully saturated rings. The lowest BCUT2D eigenvalue weighted by atomic mass is 10.1. The SMILES string of the molecule is C/C=C/COc1cc(C)c(OCCSC/C=N/OC)c(C)c1. The number of hydrogen-bond donors (Lipinski definition) is 0. The number of benzene rings is 1. The van der Waals surface area contributed by atoms with Gasteiger partial charge in [0.1, 0.15) is 25.2 Å². The molecule has 1 aromatic rings. The zero-order chi connectivity index (χ0) is 16.2. The van der Waals surface area contributed by atoms with Crippen molar-refractivity contribution in [2.45, 2.75) is 20.8 Å². The third-order valence-corrected chi connectivity index (χ3v) is 3.70. The first kappa shape index (κ1) is 18.4. The maximum Gasteiger partial charge on any atom is 0.125 e. The van der Waals surface area contributed by atoms with Crippen molar-refractivity contribution in [3.05, 3.63) is 35.4 Å². The molecule has 0 amide bonds. The highest BCUT2D eigenvalue weighted by atomic mass is 32.2. The summed E-state index contributed by atoms with van der Waals surface area (Å²) in [5.74, 6) is 3.57. The van der Waals surface area contributed by atoms with E-state index in [1.807, 2.05) is 45.1 Å². The van der Waals surface area contributed by atoms with Gasteiger partial charge >= 0.3 is 0 Å². The minimum Gasteiger partial charge on any atom is -0.492 e. The Morgan fingerprint density at radius 2 is 1.91 bits per heavy atom. The van der Waals surface area contributed by atoms with Gasteiger partial charge in [0.2, 0.25) is 0 Å². The number of aryl methyl sites for hydroxylation is 2. The fourth-order valence-corrected chi connectivity index (χ4v) is 2.44. The smallest absolute Gasteiger partial charge is 0.125 e. The van der Waals surface area contributed by atoms with E-state index in [1.54, 1.807) is 25.1 Å². The average Bonchev–Trinajstić information content (AvgIpc) is 2.49. The largest absolute Gasteiger partial charge is 0.492 e. The highest BCUT2D eigenvalue weighted by Gasteiger charge is 2.07. The topological polar surface area (TPSA) is 40.0 Å². The minimum atomic E-state index is 0.593. The van der Waals surface area contributed by atoms with Gasteiger partial charge in [-0.1, -0.05) is 17.3 Å². The van der Waals surface area contributed by atoms with Crippen LogP contribution in [-0.2, 0) is 4.84 Å². The zero-order valence-electron chi connectivity index (χ0n) is 13.8. The molecule has 0 aliphatic heterocycles. The normalized spacial score (nSPS) is 11.3. The number of allylic oxidation sites excluding steroid dienone is 1. The van der Waals surface area contributed by atoms with Crippen molar-refractivity contribution in [1.29, 1.82) is 0 Å². The second-order valence-corrected chi connectivity index (χ2v) is 5.81. The van der Waals surface area contributed by atoms with Gasteiger partial charge in [-0.3, -0.25) is 0 Å². The number of rotatable bonds is 10. The molecule has 0 aliphatic carbocycles. The molecule has 4 nitrogen and oxygen atoms in total. The molecule has 0 radical (unpaired) electrons. The van der Waals surface area contributed by atoms with Gasteiger partial charge in [0.05, 0.1) is 12.8 Å². The molecule has 0 atom stereocenters. The van der Waals surface area contributed by atoms with Crippen molar-refractivity contribution in [2.75, 3.05) is 31.8 Å². The molecule has 0 spiro atoms. The summed E-state index contributed by atoms with van der Waals surface area (Å²) in [6.45, 7) is 7.34. The van der Waals surface area contributed by atoms with E-state index < -0.39 is 0 Å². The maximum absolute atomic E-state index is 5.89. The molecule has 1 rings (SSSR count). The average molecular weight is 323 g/mol. The van der Waals surface area contributed by atoms with Crippen molar-refractivity contribution in [3.63, 3.8) is 0 Å². The Bertz CT molecular complexity index is 478. The van der Waals surface area contributed by atoms with Crippen molar-refractivity contribution in [1.82, 2.24) is 0 Å². The molecule has 5 heteroatoms. The summed E-state index contributed by atoms with van der Waals surface area (Å²) in [5, 5.41) is 3.69. The number of oxime groups is 1. The second kappa shape index (κ2) is 11.0.